The molecule has 5 heteroatoms. The maximum absolute atomic E-state index is 11.8. The van der Waals surface area contributed by atoms with Gasteiger partial charge in [-0.05, 0) is 43.3 Å². The van der Waals surface area contributed by atoms with Crippen LogP contribution in [-0.4, -0.2) is 17.7 Å². The van der Waals surface area contributed by atoms with Crippen molar-refractivity contribution in [1.29, 1.82) is 0 Å². The number of esters is 1. The molecule has 0 spiro atoms. The molecular formula is C15H16N2O3. The maximum atomic E-state index is 11.8. The van der Waals surface area contributed by atoms with Crippen LogP contribution < -0.4 is 11.1 Å². The van der Waals surface area contributed by atoms with Crippen LogP contribution in [0.1, 0.15) is 17.3 Å². The minimum atomic E-state index is -0.445. The van der Waals surface area contributed by atoms with Gasteiger partial charge in [0.1, 0.15) is 5.75 Å². The summed E-state index contributed by atoms with van der Waals surface area (Å²) in [7, 11) is 0. The number of benzene rings is 2. The summed E-state index contributed by atoms with van der Waals surface area (Å²) in [6.45, 7) is 2.04. The zero-order chi connectivity index (χ0) is 14.5. The lowest BCUT2D eigenvalue weighted by Crippen LogP contribution is -2.09. The molecule has 0 radical (unpaired) electrons. The van der Waals surface area contributed by atoms with E-state index < -0.39 is 5.97 Å². The highest BCUT2D eigenvalue weighted by molar-refractivity contribution is 5.98. The van der Waals surface area contributed by atoms with Gasteiger partial charge in [-0.1, -0.05) is 6.07 Å². The van der Waals surface area contributed by atoms with Crippen LogP contribution in [0.25, 0.3) is 0 Å². The third kappa shape index (κ3) is 3.00. The summed E-state index contributed by atoms with van der Waals surface area (Å²) in [6, 6.07) is 11.7. The van der Waals surface area contributed by atoms with Crippen molar-refractivity contribution in [3.05, 3.63) is 48.0 Å². The summed E-state index contributed by atoms with van der Waals surface area (Å²) >= 11 is 0. The Morgan fingerprint density at radius 3 is 2.60 bits per heavy atom. The Labute approximate surface area is 117 Å². The van der Waals surface area contributed by atoms with E-state index in [0.717, 1.165) is 5.69 Å². The van der Waals surface area contributed by atoms with Gasteiger partial charge in [-0.3, -0.25) is 0 Å². The molecule has 2 aromatic rings. The molecule has 0 aliphatic rings. The molecule has 0 unspecified atom stereocenters. The number of para-hydroxylation sites is 1. The van der Waals surface area contributed by atoms with Gasteiger partial charge in [-0.25, -0.2) is 4.79 Å². The molecule has 0 fully saturated rings. The molecule has 104 valence electrons. The zero-order valence-electron chi connectivity index (χ0n) is 11.1. The second kappa shape index (κ2) is 5.97. The fourth-order valence-corrected chi connectivity index (χ4v) is 1.76. The van der Waals surface area contributed by atoms with Crippen molar-refractivity contribution in [3.63, 3.8) is 0 Å². The fraction of sp³-hybridized carbons (Fsp3) is 0.133. The van der Waals surface area contributed by atoms with Crippen LogP contribution in [0.5, 0.6) is 5.75 Å². The Kier molecular flexibility index (Phi) is 4.10. The lowest BCUT2D eigenvalue weighted by Gasteiger charge is -2.12. The van der Waals surface area contributed by atoms with Crippen molar-refractivity contribution in [1.82, 2.24) is 0 Å². The molecule has 0 bridgehead atoms. The minimum Gasteiger partial charge on any atom is -0.508 e. The predicted octanol–water partition coefficient (Wildman–Crippen LogP) is 2.89. The number of carbonyl (C=O) groups is 1. The van der Waals surface area contributed by atoms with Crippen molar-refractivity contribution in [2.75, 3.05) is 17.7 Å². The number of phenolic OH excluding ortho intramolecular Hbond substituents is 1. The average molecular weight is 272 g/mol. The first-order chi connectivity index (χ1) is 9.61. The molecule has 20 heavy (non-hydrogen) atoms. The fourth-order valence-electron chi connectivity index (χ4n) is 1.76. The molecule has 0 aliphatic heterocycles. The van der Waals surface area contributed by atoms with Crippen LogP contribution in [0.2, 0.25) is 0 Å². The van der Waals surface area contributed by atoms with E-state index in [9.17, 15) is 9.90 Å². The quantitative estimate of drug-likeness (QED) is 0.453. The Morgan fingerprint density at radius 2 is 1.95 bits per heavy atom. The first kappa shape index (κ1) is 13.7. The summed E-state index contributed by atoms with van der Waals surface area (Å²) in [5.74, 6) is -0.261. The monoisotopic (exact) mass is 272 g/mol. The van der Waals surface area contributed by atoms with Crippen molar-refractivity contribution in [2.45, 2.75) is 6.92 Å². The second-order valence-corrected chi connectivity index (χ2v) is 4.16. The lowest BCUT2D eigenvalue weighted by molar-refractivity contribution is 0.0527. The predicted molar refractivity (Wildman–Crippen MR) is 78.2 cm³/mol. The van der Waals surface area contributed by atoms with Crippen LogP contribution >= 0.6 is 0 Å². The molecule has 0 aliphatic carbocycles. The Balaban J connectivity index is 2.26. The molecule has 2 rings (SSSR count). The van der Waals surface area contributed by atoms with E-state index >= 15 is 0 Å². The number of phenols is 1. The molecule has 5 nitrogen and oxygen atoms in total. The smallest absolute Gasteiger partial charge is 0.340 e. The Bertz CT molecular complexity index is 609. The SMILES string of the molecule is CCOC(=O)c1cccc(Nc2ccc(O)cc2)c1N. The topological polar surface area (TPSA) is 84.6 Å². The van der Waals surface area contributed by atoms with Crippen LogP contribution in [0.4, 0.5) is 17.1 Å². The number of hydrogen-bond donors (Lipinski definition) is 3. The summed E-state index contributed by atoms with van der Waals surface area (Å²) in [5.41, 5.74) is 8.01. The third-order valence-electron chi connectivity index (χ3n) is 2.75. The number of rotatable bonds is 4. The number of hydrogen-bond acceptors (Lipinski definition) is 5. The summed E-state index contributed by atoms with van der Waals surface area (Å²) in [6.07, 6.45) is 0. The number of nitrogens with one attached hydrogen (secondary N) is 1. The van der Waals surface area contributed by atoms with E-state index in [1.54, 1.807) is 49.4 Å². The molecule has 0 atom stereocenters. The van der Waals surface area contributed by atoms with E-state index in [4.69, 9.17) is 10.5 Å². The summed E-state index contributed by atoms with van der Waals surface area (Å²) < 4.78 is 4.95. The van der Waals surface area contributed by atoms with Crippen molar-refractivity contribution in [2.24, 2.45) is 0 Å². The summed E-state index contributed by atoms with van der Waals surface area (Å²) in [5, 5.41) is 12.3. The highest BCUT2D eigenvalue weighted by atomic mass is 16.5. The van der Waals surface area contributed by atoms with E-state index in [2.05, 4.69) is 5.32 Å². The van der Waals surface area contributed by atoms with Crippen LogP contribution in [-0.2, 0) is 4.74 Å². The van der Waals surface area contributed by atoms with Gasteiger partial charge in [-0.2, -0.15) is 0 Å². The van der Waals surface area contributed by atoms with E-state index in [-0.39, 0.29) is 5.75 Å². The van der Waals surface area contributed by atoms with Crippen LogP contribution in [0.15, 0.2) is 42.5 Å². The molecule has 0 amide bonds. The number of aromatic hydroxyl groups is 1. The van der Waals surface area contributed by atoms with Crippen LogP contribution in [0.3, 0.4) is 0 Å². The summed E-state index contributed by atoms with van der Waals surface area (Å²) in [4.78, 5) is 11.8. The average Bonchev–Trinajstić information content (AvgIpc) is 2.44. The Morgan fingerprint density at radius 1 is 1.25 bits per heavy atom. The molecule has 2 aromatic carbocycles. The van der Waals surface area contributed by atoms with Gasteiger partial charge in [0.25, 0.3) is 0 Å². The molecule has 0 heterocycles. The molecule has 0 saturated heterocycles. The van der Waals surface area contributed by atoms with Crippen LogP contribution in [0, 0.1) is 0 Å². The number of carbonyl (C=O) groups excluding carboxylic acids is 1. The van der Waals surface area contributed by atoms with E-state index in [1.807, 2.05) is 0 Å². The number of ether oxygens (including phenoxy) is 1. The highest BCUT2D eigenvalue weighted by Gasteiger charge is 2.13. The standard InChI is InChI=1S/C15H16N2O3/c1-2-20-15(19)12-4-3-5-13(14(12)16)17-10-6-8-11(18)9-7-10/h3-9,17-18H,2,16H2,1H3. The molecule has 4 N–H and O–H groups in total. The van der Waals surface area contributed by atoms with Crippen molar-refractivity contribution in [3.8, 4) is 5.75 Å². The maximum Gasteiger partial charge on any atom is 0.340 e. The highest BCUT2D eigenvalue weighted by Crippen LogP contribution is 2.27. The van der Waals surface area contributed by atoms with Crippen molar-refractivity contribution >= 4 is 23.0 Å². The van der Waals surface area contributed by atoms with Gasteiger partial charge in [-0.15, -0.1) is 0 Å². The van der Waals surface area contributed by atoms with Gasteiger partial charge in [0.15, 0.2) is 0 Å². The second-order valence-electron chi connectivity index (χ2n) is 4.16. The van der Waals surface area contributed by atoms with Gasteiger partial charge in [0, 0.05) is 5.69 Å². The van der Waals surface area contributed by atoms with E-state index in [0.29, 0.717) is 23.5 Å². The van der Waals surface area contributed by atoms with Gasteiger partial charge >= 0.3 is 5.97 Å². The molecule has 0 saturated carbocycles. The first-order valence-electron chi connectivity index (χ1n) is 6.23. The number of nitrogens with two attached hydrogens (primary N) is 1. The normalized spacial score (nSPS) is 10.1. The number of anilines is 3. The number of nitrogen functional groups attached to an aromatic ring is 1. The lowest BCUT2D eigenvalue weighted by atomic mass is 10.1. The van der Waals surface area contributed by atoms with Gasteiger partial charge in [0.05, 0.1) is 23.5 Å². The molecule has 0 aromatic heterocycles. The van der Waals surface area contributed by atoms with Gasteiger partial charge < -0.3 is 20.9 Å². The van der Waals surface area contributed by atoms with Gasteiger partial charge in [0.2, 0.25) is 0 Å². The zero-order valence-corrected chi connectivity index (χ0v) is 11.1. The largest absolute Gasteiger partial charge is 0.508 e. The first-order valence-corrected chi connectivity index (χ1v) is 6.23. The van der Waals surface area contributed by atoms with Crippen molar-refractivity contribution < 1.29 is 14.6 Å². The molecular weight excluding hydrogens is 256 g/mol. The Hall–Kier alpha value is -2.69. The van der Waals surface area contributed by atoms with E-state index in [1.165, 1.54) is 0 Å². The third-order valence-corrected chi connectivity index (χ3v) is 2.75. The minimum absolute atomic E-state index is 0.184.